The van der Waals surface area contributed by atoms with Gasteiger partial charge in [0.1, 0.15) is 0 Å². The lowest BCUT2D eigenvalue weighted by Crippen LogP contribution is -2.12. The fraction of sp³-hybridized carbons (Fsp3) is 0.103. The van der Waals surface area contributed by atoms with Crippen molar-refractivity contribution in [1.29, 1.82) is 0 Å². The minimum atomic E-state index is 1.14. The number of aryl methyl sites for hydroxylation is 6. The van der Waals surface area contributed by atoms with Crippen LogP contribution in [0.15, 0.2) is 182 Å². The first-order chi connectivity index (χ1) is 29.2. The van der Waals surface area contributed by atoms with E-state index in [0.29, 0.717) is 0 Å². The second-order valence-electron chi connectivity index (χ2n) is 15.9. The standard InChI is InChI=1S/C58H52N2/c1-41-13-33-53(34-14-41)59(57-43(3)9-7-10-44(57)4)55-37-25-49(26-38-55)19-17-47-21-29-51(30-22-47)52-31-23-48(24-32-52)18-20-50-27-39-56(40-28-50)60(54-35-15-42(2)16-36-54)58-45(5)11-8-12-46(58)6/h7-40H,1-6H3. The highest BCUT2D eigenvalue weighted by Gasteiger charge is 2.18. The number of para-hydroxylation sites is 2. The molecule has 8 rings (SSSR count). The van der Waals surface area contributed by atoms with E-state index in [4.69, 9.17) is 0 Å². The Kier molecular flexibility index (Phi) is 11.7. The van der Waals surface area contributed by atoms with Crippen LogP contribution in [0, 0.1) is 41.5 Å². The molecule has 0 aliphatic heterocycles. The van der Waals surface area contributed by atoms with Crippen molar-refractivity contribution >= 4 is 58.4 Å². The van der Waals surface area contributed by atoms with Crippen LogP contribution in [0.1, 0.15) is 55.6 Å². The van der Waals surface area contributed by atoms with Gasteiger partial charge < -0.3 is 9.80 Å². The molecule has 8 aromatic rings. The Hall–Kier alpha value is -7.16. The van der Waals surface area contributed by atoms with Crippen LogP contribution in [-0.4, -0.2) is 0 Å². The van der Waals surface area contributed by atoms with Crippen LogP contribution >= 0.6 is 0 Å². The maximum Gasteiger partial charge on any atom is 0.0519 e. The van der Waals surface area contributed by atoms with Crippen LogP contribution in [0.2, 0.25) is 0 Å². The number of nitrogens with zero attached hydrogens (tertiary/aromatic N) is 2. The summed E-state index contributed by atoms with van der Waals surface area (Å²) >= 11 is 0. The summed E-state index contributed by atoms with van der Waals surface area (Å²) in [7, 11) is 0. The number of hydrogen-bond donors (Lipinski definition) is 0. The molecule has 60 heavy (non-hydrogen) atoms. The van der Waals surface area contributed by atoms with E-state index in [-0.39, 0.29) is 0 Å². The third-order valence-electron chi connectivity index (χ3n) is 11.3. The molecule has 2 heteroatoms. The van der Waals surface area contributed by atoms with Gasteiger partial charge in [-0.2, -0.15) is 0 Å². The fourth-order valence-corrected chi connectivity index (χ4v) is 7.95. The summed E-state index contributed by atoms with van der Waals surface area (Å²) in [5.74, 6) is 0. The van der Waals surface area contributed by atoms with Crippen molar-refractivity contribution in [2.45, 2.75) is 41.5 Å². The number of rotatable bonds is 11. The van der Waals surface area contributed by atoms with Crippen molar-refractivity contribution in [1.82, 2.24) is 0 Å². The molecule has 8 aromatic carbocycles. The highest BCUT2D eigenvalue weighted by atomic mass is 15.2. The highest BCUT2D eigenvalue weighted by molar-refractivity contribution is 5.83. The monoisotopic (exact) mass is 776 g/mol. The Morgan fingerprint density at radius 3 is 0.767 bits per heavy atom. The largest absolute Gasteiger partial charge is 0.310 e. The highest BCUT2D eigenvalue weighted by Crippen LogP contribution is 2.40. The molecule has 0 aliphatic carbocycles. The molecule has 0 unspecified atom stereocenters. The number of benzene rings is 8. The molecular formula is C58H52N2. The number of anilines is 6. The molecule has 0 saturated heterocycles. The van der Waals surface area contributed by atoms with Gasteiger partial charge in [0, 0.05) is 22.7 Å². The Bertz CT molecular complexity index is 2520. The lowest BCUT2D eigenvalue weighted by Gasteiger charge is -2.29. The number of hydrogen-bond acceptors (Lipinski definition) is 2. The van der Waals surface area contributed by atoms with Crippen LogP contribution in [0.4, 0.5) is 34.1 Å². The second kappa shape index (κ2) is 17.8. The zero-order valence-electron chi connectivity index (χ0n) is 35.5. The maximum atomic E-state index is 2.37. The average molecular weight is 777 g/mol. The lowest BCUT2D eigenvalue weighted by molar-refractivity contribution is 1.21. The predicted octanol–water partition coefficient (Wildman–Crippen LogP) is 16.5. The summed E-state index contributed by atoms with van der Waals surface area (Å²) < 4.78 is 0. The Balaban J connectivity index is 0.926. The Morgan fingerprint density at radius 2 is 0.500 bits per heavy atom. The van der Waals surface area contributed by atoms with Crippen LogP contribution in [0.3, 0.4) is 0 Å². The topological polar surface area (TPSA) is 6.48 Å². The van der Waals surface area contributed by atoms with E-state index in [0.717, 1.165) is 33.9 Å². The van der Waals surface area contributed by atoms with E-state index in [1.807, 2.05) is 0 Å². The van der Waals surface area contributed by atoms with Crippen LogP contribution in [0.25, 0.3) is 35.4 Å². The molecule has 0 N–H and O–H groups in total. The van der Waals surface area contributed by atoms with Crippen molar-refractivity contribution < 1.29 is 0 Å². The molecule has 294 valence electrons. The molecule has 0 amide bonds. The Morgan fingerprint density at radius 1 is 0.267 bits per heavy atom. The maximum absolute atomic E-state index is 2.37. The molecule has 0 radical (unpaired) electrons. The normalized spacial score (nSPS) is 11.4. The van der Waals surface area contributed by atoms with Crippen molar-refractivity contribution in [2.24, 2.45) is 0 Å². The van der Waals surface area contributed by atoms with E-state index in [1.54, 1.807) is 0 Å². The van der Waals surface area contributed by atoms with Gasteiger partial charge in [0.2, 0.25) is 0 Å². The fourth-order valence-electron chi connectivity index (χ4n) is 7.95. The van der Waals surface area contributed by atoms with Crippen molar-refractivity contribution in [2.75, 3.05) is 9.80 Å². The zero-order valence-corrected chi connectivity index (χ0v) is 35.5. The lowest BCUT2D eigenvalue weighted by atomic mass is 10.0. The summed E-state index contributed by atoms with van der Waals surface area (Å²) in [6.45, 7) is 13.0. The zero-order chi connectivity index (χ0) is 41.6. The predicted molar refractivity (Wildman–Crippen MR) is 260 cm³/mol. The molecular weight excluding hydrogens is 725 g/mol. The molecule has 0 fully saturated rings. The van der Waals surface area contributed by atoms with Crippen molar-refractivity contribution in [3.63, 3.8) is 0 Å². The van der Waals surface area contributed by atoms with Crippen LogP contribution in [-0.2, 0) is 0 Å². The molecule has 0 aliphatic rings. The summed E-state index contributed by atoms with van der Waals surface area (Å²) in [5, 5.41) is 0. The minimum Gasteiger partial charge on any atom is -0.310 e. The molecule has 2 nitrogen and oxygen atoms in total. The summed E-state index contributed by atoms with van der Waals surface area (Å²) in [4.78, 5) is 4.73. The minimum absolute atomic E-state index is 1.14. The summed E-state index contributed by atoms with van der Waals surface area (Å²) in [6.07, 6.45) is 8.75. The van der Waals surface area contributed by atoms with Gasteiger partial charge in [-0.05, 0) is 146 Å². The van der Waals surface area contributed by atoms with Gasteiger partial charge in [0.05, 0.1) is 11.4 Å². The van der Waals surface area contributed by atoms with E-state index in [1.165, 1.54) is 67.0 Å². The van der Waals surface area contributed by atoms with Gasteiger partial charge in [-0.25, -0.2) is 0 Å². The van der Waals surface area contributed by atoms with Gasteiger partial charge >= 0.3 is 0 Å². The quantitative estimate of drug-likeness (QED) is 0.121. The van der Waals surface area contributed by atoms with E-state index >= 15 is 0 Å². The molecule has 0 heterocycles. The molecule has 0 aromatic heterocycles. The molecule has 0 spiro atoms. The van der Waals surface area contributed by atoms with Gasteiger partial charge in [-0.1, -0.05) is 169 Å². The third kappa shape index (κ3) is 8.94. The van der Waals surface area contributed by atoms with E-state index in [2.05, 4.69) is 258 Å². The first-order valence-corrected chi connectivity index (χ1v) is 20.8. The van der Waals surface area contributed by atoms with Crippen molar-refractivity contribution in [3.8, 4) is 11.1 Å². The smallest absolute Gasteiger partial charge is 0.0519 e. The van der Waals surface area contributed by atoms with Gasteiger partial charge in [0.25, 0.3) is 0 Å². The third-order valence-corrected chi connectivity index (χ3v) is 11.3. The Labute approximate surface area is 357 Å². The summed E-state index contributed by atoms with van der Waals surface area (Å²) in [5.41, 5.74) is 21.6. The molecule has 0 atom stereocenters. The van der Waals surface area contributed by atoms with Gasteiger partial charge in [-0.3, -0.25) is 0 Å². The first-order valence-electron chi connectivity index (χ1n) is 20.8. The van der Waals surface area contributed by atoms with Crippen LogP contribution < -0.4 is 9.80 Å². The van der Waals surface area contributed by atoms with E-state index in [9.17, 15) is 0 Å². The average Bonchev–Trinajstić information content (AvgIpc) is 3.27. The second-order valence-corrected chi connectivity index (χ2v) is 15.9. The first kappa shape index (κ1) is 39.7. The van der Waals surface area contributed by atoms with E-state index < -0.39 is 0 Å². The summed E-state index contributed by atoms with van der Waals surface area (Å²) in [6, 6.07) is 65.9. The molecule has 0 bridgehead atoms. The van der Waals surface area contributed by atoms with Crippen LogP contribution in [0.5, 0.6) is 0 Å². The van der Waals surface area contributed by atoms with Gasteiger partial charge in [-0.15, -0.1) is 0 Å². The van der Waals surface area contributed by atoms with Gasteiger partial charge in [0.15, 0.2) is 0 Å². The molecule has 0 saturated carbocycles. The SMILES string of the molecule is Cc1ccc(N(c2ccc(C=Cc3ccc(-c4ccc(C=Cc5ccc(N(c6ccc(C)cc6)c6c(C)cccc6C)cc5)cc4)cc3)cc2)c2c(C)cccc2C)cc1. The van der Waals surface area contributed by atoms with Crippen molar-refractivity contribution in [3.05, 3.63) is 238 Å².